The van der Waals surface area contributed by atoms with Crippen molar-refractivity contribution in [2.24, 2.45) is 0 Å². The number of hydrogen-bond donors (Lipinski definition) is 0. The van der Waals surface area contributed by atoms with Crippen LogP contribution in [0.5, 0.6) is 0 Å². The summed E-state index contributed by atoms with van der Waals surface area (Å²) in [4.78, 5) is 6.01. The van der Waals surface area contributed by atoms with Gasteiger partial charge in [0.25, 0.3) is 0 Å². The molecule has 1 aromatic heterocycles. The number of nitrogens with zero attached hydrogens (tertiary/aromatic N) is 3. The summed E-state index contributed by atoms with van der Waals surface area (Å²) in [5.41, 5.74) is 0. The minimum atomic E-state index is 0.669. The first kappa shape index (κ1) is 7.21. The van der Waals surface area contributed by atoms with Gasteiger partial charge in [0.2, 0.25) is 5.89 Å². The van der Waals surface area contributed by atoms with E-state index in [1.54, 1.807) is 0 Å². The molecule has 0 unspecified atom stereocenters. The summed E-state index contributed by atoms with van der Waals surface area (Å²) in [7, 11) is 3.92. The molecular weight excluding hydrogens is 130 g/mol. The van der Waals surface area contributed by atoms with Gasteiger partial charge in [0.1, 0.15) is 0 Å². The zero-order valence-electron chi connectivity index (χ0n) is 6.46. The van der Waals surface area contributed by atoms with Gasteiger partial charge in [-0.3, -0.25) is 0 Å². The molecule has 0 saturated carbocycles. The summed E-state index contributed by atoms with van der Waals surface area (Å²) in [6.45, 7) is 2.52. The molecule has 0 saturated heterocycles. The monoisotopic (exact) mass is 141 g/mol. The predicted octanol–water partition coefficient (Wildman–Crippen LogP) is 0.440. The molecule has 1 aromatic rings. The van der Waals surface area contributed by atoms with Gasteiger partial charge in [-0.25, -0.2) is 0 Å². The maximum atomic E-state index is 4.87. The van der Waals surface area contributed by atoms with Crippen LogP contribution in [-0.4, -0.2) is 29.1 Å². The number of aryl methyl sites for hydroxylation is 1. The van der Waals surface area contributed by atoms with E-state index in [2.05, 4.69) is 10.1 Å². The molecule has 4 nitrogen and oxygen atoms in total. The average molecular weight is 141 g/mol. The van der Waals surface area contributed by atoms with Crippen molar-refractivity contribution in [3.05, 3.63) is 11.7 Å². The van der Waals surface area contributed by atoms with E-state index in [9.17, 15) is 0 Å². The predicted molar refractivity (Wildman–Crippen MR) is 36.4 cm³/mol. The highest BCUT2D eigenvalue weighted by atomic mass is 16.5. The van der Waals surface area contributed by atoms with E-state index in [4.69, 9.17) is 4.52 Å². The minimum absolute atomic E-state index is 0.669. The van der Waals surface area contributed by atoms with Gasteiger partial charge in [-0.15, -0.1) is 0 Å². The van der Waals surface area contributed by atoms with Crippen LogP contribution in [0.1, 0.15) is 11.7 Å². The third-order valence-electron chi connectivity index (χ3n) is 1.02. The van der Waals surface area contributed by atoms with Crippen LogP contribution in [0.2, 0.25) is 0 Å². The average Bonchev–Trinajstić information content (AvgIpc) is 2.13. The number of rotatable bonds is 2. The molecular formula is C6H11N3O. The summed E-state index contributed by atoms with van der Waals surface area (Å²) < 4.78 is 4.87. The topological polar surface area (TPSA) is 42.2 Å². The van der Waals surface area contributed by atoms with Crippen molar-refractivity contribution >= 4 is 0 Å². The molecule has 0 aliphatic rings. The largest absolute Gasteiger partial charge is 0.338 e. The van der Waals surface area contributed by atoms with Crippen molar-refractivity contribution < 1.29 is 4.52 Å². The molecule has 0 aliphatic carbocycles. The quantitative estimate of drug-likeness (QED) is 0.599. The molecule has 0 spiro atoms. The lowest BCUT2D eigenvalue weighted by Crippen LogP contribution is -2.10. The smallest absolute Gasteiger partial charge is 0.240 e. The van der Waals surface area contributed by atoms with Crippen molar-refractivity contribution in [3.63, 3.8) is 0 Å². The van der Waals surface area contributed by atoms with Crippen LogP contribution in [0, 0.1) is 6.92 Å². The van der Waals surface area contributed by atoms with Crippen LogP contribution in [0.25, 0.3) is 0 Å². The van der Waals surface area contributed by atoms with Gasteiger partial charge in [0.05, 0.1) is 6.54 Å². The Morgan fingerprint density at radius 2 is 2.20 bits per heavy atom. The van der Waals surface area contributed by atoms with E-state index >= 15 is 0 Å². The molecule has 0 radical (unpaired) electrons. The molecule has 1 heterocycles. The van der Waals surface area contributed by atoms with Gasteiger partial charge < -0.3 is 9.42 Å². The maximum Gasteiger partial charge on any atom is 0.240 e. The Kier molecular flexibility index (Phi) is 2.01. The summed E-state index contributed by atoms with van der Waals surface area (Å²) in [5.74, 6) is 1.36. The highest BCUT2D eigenvalue weighted by Crippen LogP contribution is 1.97. The third-order valence-corrected chi connectivity index (χ3v) is 1.02. The van der Waals surface area contributed by atoms with E-state index in [1.165, 1.54) is 0 Å². The number of aromatic nitrogens is 2. The van der Waals surface area contributed by atoms with E-state index in [1.807, 2.05) is 25.9 Å². The van der Waals surface area contributed by atoms with Crippen molar-refractivity contribution in [1.29, 1.82) is 0 Å². The highest BCUT2D eigenvalue weighted by molar-refractivity contribution is 4.81. The van der Waals surface area contributed by atoms with Crippen molar-refractivity contribution in [1.82, 2.24) is 15.0 Å². The maximum absolute atomic E-state index is 4.87. The van der Waals surface area contributed by atoms with Gasteiger partial charge >= 0.3 is 0 Å². The number of hydrogen-bond acceptors (Lipinski definition) is 4. The van der Waals surface area contributed by atoms with Gasteiger partial charge in [0, 0.05) is 0 Å². The van der Waals surface area contributed by atoms with Crippen LogP contribution < -0.4 is 0 Å². The van der Waals surface area contributed by atoms with Crippen molar-refractivity contribution in [2.45, 2.75) is 13.5 Å². The Balaban J connectivity index is 2.58. The lowest BCUT2D eigenvalue weighted by molar-refractivity contribution is 0.302. The van der Waals surface area contributed by atoms with Crippen LogP contribution in [-0.2, 0) is 6.54 Å². The van der Waals surface area contributed by atoms with E-state index in [0.717, 1.165) is 0 Å². The van der Waals surface area contributed by atoms with Crippen LogP contribution in [0.15, 0.2) is 4.52 Å². The molecule has 0 aliphatic heterocycles. The molecule has 0 aromatic carbocycles. The first-order valence-corrected chi connectivity index (χ1v) is 3.12. The fraction of sp³-hybridized carbons (Fsp3) is 0.667. The molecule has 56 valence electrons. The first-order chi connectivity index (χ1) is 4.68. The summed E-state index contributed by atoms with van der Waals surface area (Å²) in [6.07, 6.45) is 0. The minimum Gasteiger partial charge on any atom is -0.338 e. The van der Waals surface area contributed by atoms with Crippen molar-refractivity contribution in [2.75, 3.05) is 14.1 Å². The Hall–Kier alpha value is -0.900. The van der Waals surface area contributed by atoms with Crippen molar-refractivity contribution in [3.8, 4) is 0 Å². The fourth-order valence-electron chi connectivity index (χ4n) is 0.675. The Bertz CT molecular complexity index is 207. The van der Waals surface area contributed by atoms with Crippen LogP contribution in [0.3, 0.4) is 0 Å². The Morgan fingerprint density at radius 3 is 2.60 bits per heavy atom. The molecule has 0 bridgehead atoms. The summed E-state index contributed by atoms with van der Waals surface area (Å²) >= 11 is 0. The zero-order chi connectivity index (χ0) is 7.56. The van der Waals surface area contributed by atoms with Gasteiger partial charge in [-0.1, -0.05) is 5.16 Å². The second kappa shape index (κ2) is 2.79. The second-order valence-electron chi connectivity index (χ2n) is 2.47. The normalized spacial score (nSPS) is 10.8. The molecule has 4 heteroatoms. The summed E-state index contributed by atoms with van der Waals surface area (Å²) in [5, 5.41) is 3.66. The van der Waals surface area contributed by atoms with Gasteiger partial charge in [0.15, 0.2) is 5.82 Å². The highest BCUT2D eigenvalue weighted by Gasteiger charge is 2.01. The molecule has 0 amide bonds. The third kappa shape index (κ3) is 1.80. The summed E-state index contributed by atoms with van der Waals surface area (Å²) in [6, 6.07) is 0. The SMILES string of the molecule is Cc1noc(CN(C)C)n1. The van der Waals surface area contributed by atoms with E-state index < -0.39 is 0 Å². The second-order valence-corrected chi connectivity index (χ2v) is 2.47. The van der Waals surface area contributed by atoms with Gasteiger partial charge in [-0.05, 0) is 21.0 Å². The molecule has 0 N–H and O–H groups in total. The molecule has 0 atom stereocenters. The zero-order valence-corrected chi connectivity index (χ0v) is 6.46. The lowest BCUT2D eigenvalue weighted by atomic mass is 10.6. The molecule has 0 fully saturated rings. The van der Waals surface area contributed by atoms with Gasteiger partial charge in [-0.2, -0.15) is 4.98 Å². The van der Waals surface area contributed by atoms with Crippen LogP contribution in [0.4, 0.5) is 0 Å². The Labute approximate surface area is 59.8 Å². The first-order valence-electron chi connectivity index (χ1n) is 3.12. The molecule has 1 rings (SSSR count). The fourth-order valence-corrected chi connectivity index (χ4v) is 0.675. The van der Waals surface area contributed by atoms with Crippen LogP contribution >= 0.6 is 0 Å². The standard InChI is InChI=1S/C6H11N3O/c1-5-7-6(10-8-5)4-9(2)3/h4H2,1-3H3. The molecule has 10 heavy (non-hydrogen) atoms. The van der Waals surface area contributed by atoms with E-state index in [0.29, 0.717) is 18.3 Å². The lowest BCUT2D eigenvalue weighted by Gasteiger charge is -2.02. The Morgan fingerprint density at radius 1 is 1.50 bits per heavy atom. The van der Waals surface area contributed by atoms with E-state index in [-0.39, 0.29) is 0 Å².